The van der Waals surface area contributed by atoms with Gasteiger partial charge in [0.25, 0.3) is 0 Å². The number of nitrogens with two attached hydrogens (primary N) is 1. The molecule has 0 atom stereocenters. The number of aryl methyl sites for hydroxylation is 2. The Morgan fingerprint density at radius 2 is 2.19 bits per heavy atom. The van der Waals surface area contributed by atoms with Crippen molar-refractivity contribution >= 4 is 17.2 Å². The molecule has 4 nitrogen and oxygen atoms in total. The van der Waals surface area contributed by atoms with Gasteiger partial charge in [-0.25, -0.2) is 9.97 Å². The van der Waals surface area contributed by atoms with E-state index in [1.54, 1.807) is 17.5 Å². The molecule has 16 heavy (non-hydrogen) atoms. The SMILES string of the molecule is Cc1ncc(C[n+]2cscc2C)c(N)n1.[Br-]. The summed E-state index contributed by atoms with van der Waals surface area (Å²) in [5.41, 5.74) is 10.1. The van der Waals surface area contributed by atoms with Gasteiger partial charge in [0.15, 0.2) is 12.2 Å². The summed E-state index contributed by atoms with van der Waals surface area (Å²) in [6.07, 6.45) is 1.79. The topological polar surface area (TPSA) is 55.7 Å². The molecule has 0 spiro atoms. The van der Waals surface area contributed by atoms with Crippen LogP contribution in [0.1, 0.15) is 17.1 Å². The molecule has 0 aliphatic carbocycles. The van der Waals surface area contributed by atoms with Crippen molar-refractivity contribution in [3.05, 3.63) is 34.2 Å². The van der Waals surface area contributed by atoms with Crippen molar-refractivity contribution in [2.75, 3.05) is 5.73 Å². The van der Waals surface area contributed by atoms with Gasteiger partial charge in [0.2, 0.25) is 5.51 Å². The van der Waals surface area contributed by atoms with E-state index < -0.39 is 0 Å². The summed E-state index contributed by atoms with van der Waals surface area (Å²) >= 11 is 1.68. The van der Waals surface area contributed by atoms with Crippen LogP contribution >= 0.6 is 11.3 Å². The molecule has 0 aromatic carbocycles. The van der Waals surface area contributed by atoms with Crippen LogP contribution in [0, 0.1) is 13.8 Å². The highest BCUT2D eigenvalue weighted by Gasteiger charge is 2.11. The molecule has 86 valence electrons. The minimum atomic E-state index is 0. The first-order valence-corrected chi connectivity index (χ1v) is 5.61. The van der Waals surface area contributed by atoms with Crippen LogP contribution in [0.4, 0.5) is 5.82 Å². The van der Waals surface area contributed by atoms with Gasteiger partial charge in [-0.1, -0.05) is 11.3 Å². The molecule has 6 heteroatoms. The number of halogens is 1. The van der Waals surface area contributed by atoms with E-state index in [2.05, 4.69) is 32.3 Å². The Morgan fingerprint density at radius 3 is 2.75 bits per heavy atom. The third kappa shape index (κ3) is 2.76. The Balaban J connectivity index is 0.00000128. The van der Waals surface area contributed by atoms with Gasteiger partial charge in [0.1, 0.15) is 11.6 Å². The zero-order valence-corrected chi connectivity index (χ0v) is 11.5. The van der Waals surface area contributed by atoms with Gasteiger partial charge in [-0.3, -0.25) is 0 Å². The smallest absolute Gasteiger partial charge is 0.225 e. The van der Waals surface area contributed by atoms with Crippen LogP contribution in [0.2, 0.25) is 0 Å². The van der Waals surface area contributed by atoms with Crippen molar-refractivity contribution in [1.29, 1.82) is 0 Å². The van der Waals surface area contributed by atoms with E-state index in [1.165, 1.54) is 5.69 Å². The summed E-state index contributed by atoms with van der Waals surface area (Å²) in [4.78, 5) is 8.29. The van der Waals surface area contributed by atoms with E-state index in [-0.39, 0.29) is 17.0 Å². The number of thiazole rings is 1. The fourth-order valence-electron chi connectivity index (χ4n) is 1.33. The maximum Gasteiger partial charge on any atom is 0.225 e. The molecule has 0 saturated carbocycles. The van der Waals surface area contributed by atoms with Crippen molar-refractivity contribution in [3.8, 4) is 0 Å². The average molecular weight is 301 g/mol. The highest BCUT2D eigenvalue weighted by molar-refractivity contribution is 7.07. The normalized spacial score (nSPS) is 9.88. The second kappa shape index (κ2) is 5.36. The molecular weight excluding hydrogens is 288 g/mol. The van der Waals surface area contributed by atoms with Crippen LogP contribution in [0.25, 0.3) is 0 Å². The van der Waals surface area contributed by atoms with Gasteiger partial charge >= 0.3 is 0 Å². The van der Waals surface area contributed by atoms with E-state index in [4.69, 9.17) is 5.73 Å². The summed E-state index contributed by atoms with van der Waals surface area (Å²) < 4.78 is 2.13. The third-order valence-corrected chi connectivity index (χ3v) is 3.09. The molecule has 2 N–H and O–H groups in total. The molecule has 0 fully saturated rings. The predicted octanol–water partition coefficient (Wildman–Crippen LogP) is -1.92. The maximum atomic E-state index is 5.83. The van der Waals surface area contributed by atoms with Crippen LogP contribution in [-0.4, -0.2) is 9.97 Å². The van der Waals surface area contributed by atoms with Gasteiger partial charge in [-0.2, -0.15) is 4.57 Å². The fourth-order valence-corrected chi connectivity index (χ4v) is 2.11. The standard InChI is InChI=1S/C10H13N4S.BrH/c1-7-5-15-6-14(7)4-9-3-12-8(2)13-10(9)11;/h3,5-6H,4H2,1-2H3,(H2,11,12,13);1H/q+1;/p-1. The molecule has 0 saturated heterocycles. The van der Waals surface area contributed by atoms with E-state index in [1.807, 2.05) is 6.92 Å². The lowest BCUT2D eigenvalue weighted by molar-refractivity contribution is -0.689. The second-order valence-electron chi connectivity index (χ2n) is 3.46. The van der Waals surface area contributed by atoms with Crippen molar-refractivity contribution < 1.29 is 21.5 Å². The predicted molar refractivity (Wildman–Crippen MR) is 59.5 cm³/mol. The summed E-state index contributed by atoms with van der Waals surface area (Å²) in [6, 6.07) is 0. The number of hydrogen-bond acceptors (Lipinski definition) is 4. The highest BCUT2D eigenvalue weighted by atomic mass is 79.9. The summed E-state index contributed by atoms with van der Waals surface area (Å²) in [5.74, 6) is 1.28. The number of nitrogens with zero attached hydrogens (tertiary/aromatic N) is 3. The molecule has 0 aliphatic rings. The molecular formula is C10H13BrN4S. The van der Waals surface area contributed by atoms with Crippen LogP contribution in [-0.2, 0) is 6.54 Å². The molecule has 0 radical (unpaired) electrons. The summed E-state index contributed by atoms with van der Waals surface area (Å²) in [7, 11) is 0. The van der Waals surface area contributed by atoms with Crippen molar-refractivity contribution in [3.63, 3.8) is 0 Å². The Bertz CT molecular complexity index is 483. The van der Waals surface area contributed by atoms with Crippen molar-refractivity contribution in [2.24, 2.45) is 0 Å². The average Bonchev–Trinajstić information content (AvgIpc) is 2.57. The van der Waals surface area contributed by atoms with Gasteiger partial charge in [0.05, 0.1) is 10.9 Å². The molecule has 0 amide bonds. The minimum absolute atomic E-state index is 0. The second-order valence-corrected chi connectivity index (χ2v) is 4.18. The Morgan fingerprint density at radius 1 is 1.44 bits per heavy atom. The van der Waals surface area contributed by atoms with Crippen LogP contribution in [0.3, 0.4) is 0 Å². The molecule has 2 aromatic rings. The van der Waals surface area contributed by atoms with Crippen LogP contribution in [0.5, 0.6) is 0 Å². The molecule has 2 heterocycles. The van der Waals surface area contributed by atoms with Gasteiger partial charge in [-0.05, 0) is 6.92 Å². The minimum Gasteiger partial charge on any atom is -1.00 e. The Kier molecular flexibility index (Phi) is 4.37. The first-order chi connectivity index (χ1) is 7.16. The fraction of sp³-hybridized carbons (Fsp3) is 0.300. The summed E-state index contributed by atoms with van der Waals surface area (Å²) in [5, 5.41) is 2.10. The summed E-state index contributed by atoms with van der Waals surface area (Å²) in [6.45, 7) is 4.65. The molecule has 2 aromatic heterocycles. The molecule has 0 unspecified atom stereocenters. The quantitative estimate of drug-likeness (QED) is 0.658. The number of anilines is 1. The molecule has 0 aliphatic heterocycles. The van der Waals surface area contributed by atoms with Gasteiger partial charge < -0.3 is 22.7 Å². The van der Waals surface area contributed by atoms with Gasteiger partial charge in [0, 0.05) is 13.1 Å². The van der Waals surface area contributed by atoms with E-state index >= 15 is 0 Å². The van der Waals surface area contributed by atoms with E-state index in [0.717, 1.165) is 12.1 Å². The van der Waals surface area contributed by atoms with E-state index in [9.17, 15) is 0 Å². The number of rotatable bonds is 2. The molecule has 0 bridgehead atoms. The van der Waals surface area contributed by atoms with Gasteiger partial charge in [-0.15, -0.1) is 0 Å². The highest BCUT2D eigenvalue weighted by Crippen LogP contribution is 2.07. The number of nitrogen functional groups attached to an aromatic ring is 1. The Hall–Kier alpha value is -1.01. The van der Waals surface area contributed by atoms with Crippen LogP contribution < -0.4 is 27.3 Å². The monoisotopic (exact) mass is 300 g/mol. The lowest BCUT2D eigenvalue weighted by Gasteiger charge is -2.01. The molecule has 2 rings (SSSR count). The third-order valence-electron chi connectivity index (χ3n) is 2.24. The number of aromatic nitrogens is 3. The zero-order chi connectivity index (χ0) is 10.8. The van der Waals surface area contributed by atoms with Crippen LogP contribution in [0.15, 0.2) is 17.1 Å². The Labute approximate surface area is 109 Å². The lowest BCUT2D eigenvalue weighted by atomic mass is 10.3. The van der Waals surface area contributed by atoms with E-state index in [0.29, 0.717) is 11.6 Å². The van der Waals surface area contributed by atoms with Crippen molar-refractivity contribution in [1.82, 2.24) is 9.97 Å². The first-order valence-electron chi connectivity index (χ1n) is 4.67. The lowest BCUT2D eigenvalue weighted by Crippen LogP contribution is -3.00. The maximum absolute atomic E-state index is 5.83. The number of hydrogen-bond donors (Lipinski definition) is 1. The first kappa shape index (κ1) is 13.1. The zero-order valence-electron chi connectivity index (χ0n) is 9.14. The largest absolute Gasteiger partial charge is 1.00 e. The van der Waals surface area contributed by atoms with Crippen molar-refractivity contribution in [2.45, 2.75) is 20.4 Å².